The Hall–Kier alpha value is -2.89. The molecule has 0 saturated carbocycles. The number of nitrogens with zero attached hydrogens (tertiary/aromatic N) is 2. The fourth-order valence-corrected chi connectivity index (χ4v) is 2.23. The van der Waals surface area contributed by atoms with Gasteiger partial charge >= 0.3 is 5.69 Å². The van der Waals surface area contributed by atoms with E-state index in [4.69, 9.17) is 4.74 Å². The summed E-state index contributed by atoms with van der Waals surface area (Å²) >= 11 is 0. The Bertz CT molecular complexity index is 711. The number of nitro groups is 1. The van der Waals surface area contributed by atoms with E-state index in [2.05, 4.69) is 10.3 Å². The van der Waals surface area contributed by atoms with Crippen molar-refractivity contribution in [2.24, 2.45) is 4.99 Å². The van der Waals surface area contributed by atoms with E-state index in [1.807, 2.05) is 12.1 Å². The van der Waals surface area contributed by atoms with Crippen LogP contribution < -0.4 is 10.1 Å². The molecule has 22 heavy (non-hydrogen) atoms. The number of hydrogen-bond acceptors (Lipinski definition) is 5. The molecule has 0 bridgehead atoms. The molecule has 0 radical (unpaired) electrons. The molecule has 0 atom stereocenters. The van der Waals surface area contributed by atoms with Gasteiger partial charge in [-0.1, -0.05) is 12.1 Å². The van der Waals surface area contributed by atoms with Crippen LogP contribution in [0, 0.1) is 10.1 Å². The minimum atomic E-state index is -0.454. The van der Waals surface area contributed by atoms with Crippen molar-refractivity contribution in [3.05, 3.63) is 64.2 Å². The first-order valence-corrected chi connectivity index (χ1v) is 7.04. The number of para-hydroxylation sites is 2. The quantitative estimate of drug-likeness (QED) is 0.694. The van der Waals surface area contributed by atoms with Gasteiger partial charge in [0, 0.05) is 24.7 Å². The molecule has 2 aromatic rings. The molecule has 0 aliphatic carbocycles. The molecule has 3 rings (SSSR count). The van der Waals surface area contributed by atoms with Gasteiger partial charge in [0.25, 0.3) is 0 Å². The number of nitrogens with one attached hydrogen (secondary N) is 1. The smallest absolute Gasteiger partial charge is 0.311 e. The molecular formula is C16H15N3O3. The van der Waals surface area contributed by atoms with Crippen LogP contribution in [0.3, 0.4) is 0 Å². The highest BCUT2D eigenvalue weighted by Gasteiger charge is 2.14. The maximum atomic E-state index is 11.0. The van der Waals surface area contributed by atoms with E-state index in [0.717, 1.165) is 30.9 Å². The van der Waals surface area contributed by atoms with E-state index in [9.17, 15) is 10.1 Å². The van der Waals surface area contributed by atoms with Gasteiger partial charge in [0.05, 0.1) is 4.92 Å². The Morgan fingerprint density at radius 2 is 1.91 bits per heavy atom. The summed E-state index contributed by atoms with van der Waals surface area (Å²) in [6, 6.07) is 13.7. The number of ether oxygens (including phenoxy) is 1. The van der Waals surface area contributed by atoms with Gasteiger partial charge in [-0.05, 0) is 36.8 Å². The molecule has 0 fully saturated rings. The van der Waals surface area contributed by atoms with Crippen LogP contribution in [-0.2, 0) is 0 Å². The van der Waals surface area contributed by atoms with E-state index in [1.165, 1.54) is 6.07 Å². The second-order valence-corrected chi connectivity index (χ2v) is 4.86. The first-order chi connectivity index (χ1) is 10.7. The molecule has 0 saturated heterocycles. The number of amidine groups is 1. The first kappa shape index (κ1) is 14.1. The molecule has 0 amide bonds. The summed E-state index contributed by atoms with van der Waals surface area (Å²) in [6.07, 6.45) is 1.04. The van der Waals surface area contributed by atoms with E-state index >= 15 is 0 Å². The zero-order valence-corrected chi connectivity index (χ0v) is 11.9. The zero-order chi connectivity index (χ0) is 15.4. The van der Waals surface area contributed by atoms with Crippen molar-refractivity contribution in [2.75, 3.05) is 13.1 Å². The Balaban J connectivity index is 1.79. The minimum Gasteiger partial charge on any atom is -0.450 e. The number of aliphatic imine (C=N–C) groups is 1. The molecule has 112 valence electrons. The minimum absolute atomic E-state index is 0.0510. The Kier molecular flexibility index (Phi) is 4.00. The largest absolute Gasteiger partial charge is 0.450 e. The van der Waals surface area contributed by atoms with Crippen LogP contribution in [0.4, 0.5) is 5.69 Å². The first-order valence-electron chi connectivity index (χ1n) is 7.04. The second-order valence-electron chi connectivity index (χ2n) is 4.86. The molecule has 6 heteroatoms. The zero-order valence-electron chi connectivity index (χ0n) is 11.9. The van der Waals surface area contributed by atoms with Crippen LogP contribution in [-0.4, -0.2) is 23.8 Å². The van der Waals surface area contributed by atoms with Crippen LogP contribution in [0.15, 0.2) is 53.5 Å². The number of hydrogen-bond donors (Lipinski definition) is 1. The summed E-state index contributed by atoms with van der Waals surface area (Å²) in [7, 11) is 0. The summed E-state index contributed by atoms with van der Waals surface area (Å²) in [5.41, 5.74) is 0.930. The average molecular weight is 297 g/mol. The van der Waals surface area contributed by atoms with Gasteiger partial charge in [0.2, 0.25) is 5.75 Å². The molecule has 2 aromatic carbocycles. The van der Waals surface area contributed by atoms with Crippen LogP contribution in [0.25, 0.3) is 0 Å². The Morgan fingerprint density at radius 3 is 2.59 bits per heavy atom. The molecule has 0 spiro atoms. The fourth-order valence-electron chi connectivity index (χ4n) is 2.23. The van der Waals surface area contributed by atoms with Gasteiger partial charge in [-0.15, -0.1) is 0 Å². The predicted octanol–water partition coefficient (Wildman–Crippen LogP) is 3.13. The van der Waals surface area contributed by atoms with Gasteiger partial charge < -0.3 is 10.1 Å². The summed E-state index contributed by atoms with van der Waals surface area (Å²) in [4.78, 5) is 14.9. The van der Waals surface area contributed by atoms with Crippen molar-refractivity contribution in [1.29, 1.82) is 0 Å². The highest BCUT2D eigenvalue weighted by molar-refractivity contribution is 5.99. The lowest BCUT2D eigenvalue weighted by atomic mass is 10.1. The monoisotopic (exact) mass is 297 g/mol. The van der Waals surface area contributed by atoms with Crippen molar-refractivity contribution in [2.45, 2.75) is 6.42 Å². The van der Waals surface area contributed by atoms with E-state index < -0.39 is 4.92 Å². The summed E-state index contributed by atoms with van der Waals surface area (Å²) in [5, 5.41) is 14.2. The van der Waals surface area contributed by atoms with Crippen LogP contribution in [0.1, 0.15) is 12.0 Å². The average Bonchev–Trinajstić information content (AvgIpc) is 2.57. The third kappa shape index (κ3) is 3.06. The lowest BCUT2D eigenvalue weighted by molar-refractivity contribution is -0.385. The SMILES string of the molecule is O=[N+]([O-])c1ccccc1Oc1ccc(C2=NCCCN2)cc1. The van der Waals surface area contributed by atoms with Gasteiger partial charge in [-0.2, -0.15) is 0 Å². The van der Waals surface area contributed by atoms with Crippen molar-refractivity contribution in [3.8, 4) is 11.5 Å². The molecule has 6 nitrogen and oxygen atoms in total. The lowest BCUT2D eigenvalue weighted by Gasteiger charge is -2.15. The molecule has 1 aliphatic rings. The molecule has 1 heterocycles. The number of rotatable bonds is 4. The third-order valence-electron chi connectivity index (χ3n) is 3.31. The highest BCUT2D eigenvalue weighted by Crippen LogP contribution is 2.30. The van der Waals surface area contributed by atoms with E-state index in [-0.39, 0.29) is 11.4 Å². The summed E-state index contributed by atoms with van der Waals surface area (Å²) in [6.45, 7) is 1.75. The lowest BCUT2D eigenvalue weighted by Crippen LogP contribution is -2.30. The number of nitro benzene ring substituents is 1. The maximum Gasteiger partial charge on any atom is 0.311 e. The van der Waals surface area contributed by atoms with Gasteiger partial charge in [0.15, 0.2) is 0 Å². The number of benzene rings is 2. The highest BCUT2D eigenvalue weighted by atomic mass is 16.6. The van der Waals surface area contributed by atoms with Gasteiger partial charge in [-0.25, -0.2) is 0 Å². The van der Waals surface area contributed by atoms with Crippen molar-refractivity contribution < 1.29 is 9.66 Å². The normalized spacial score (nSPS) is 13.9. The molecule has 0 aromatic heterocycles. The standard InChI is InChI=1S/C16H15N3O3/c20-19(21)14-4-1-2-5-15(14)22-13-8-6-12(7-9-13)16-17-10-3-11-18-16/h1-2,4-9H,3,10-11H2,(H,17,18). The van der Waals surface area contributed by atoms with Crippen molar-refractivity contribution >= 4 is 11.5 Å². The van der Waals surface area contributed by atoms with E-state index in [1.54, 1.807) is 30.3 Å². The Labute approximate surface area is 127 Å². The second kappa shape index (κ2) is 6.26. The van der Waals surface area contributed by atoms with E-state index in [0.29, 0.717) is 5.75 Å². The molecule has 0 unspecified atom stereocenters. The maximum absolute atomic E-state index is 11.0. The predicted molar refractivity (Wildman–Crippen MR) is 83.6 cm³/mol. The molecule has 1 N–H and O–H groups in total. The van der Waals surface area contributed by atoms with Crippen LogP contribution in [0.5, 0.6) is 11.5 Å². The summed E-state index contributed by atoms with van der Waals surface area (Å²) < 4.78 is 5.61. The molecular weight excluding hydrogens is 282 g/mol. The van der Waals surface area contributed by atoms with Crippen LogP contribution in [0.2, 0.25) is 0 Å². The topological polar surface area (TPSA) is 76.8 Å². The summed E-state index contributed by atoms with van der Waals surface area (Å²) in [5.74, 6) is 1.66. The van der Waals surface area contributed by atoms with Gasteiger partial charge in [0.1, 0.15) is 11.6 Å². The Morgan fingerprint density at radius 1 is 1.14 bits per heavy atom. The third-order valence-corrected chi connectivity index (χ3v) is 3.31. The van der Waals surface area contributed by atoms with Crippen molar-refractivity contribution in [3.63, 3.8) is 0 Å². The van der Waals surface area contributed by atoms with Gasteiger partial charge in [-0.3, -0.25) is 15.1 Å². The fraction of sp³-hybridized carbons (Fsp3) is 0.188. The van der Waals surface area contributed by atoms with Crippen molar-refractivity contribution in [1.82, 2.24) is 5.32 Å². The van der Waals surface area contributed by atoms with Crippen LogP contribution >= 0.6 is 0 Å². The molecule has 1 aliphatic heterocycles.